The molecule has 0 aliphatic carbocycles. The zero-order chi connectivity index (χ0) is 35.5. The lowest BCUT2D eigenvalue weighted by Crippen LogP contribution is -2.56. The van der Waals surface area contributed by atoms with Crippen molar-refractivity contribution in [3.8, 4) is 33.9 Å². The number of furan rings is 2. The average molecular weight is 632 g/mol. The summed E-state index contributed by atoms with van der Waals surface area (Å²) in [6, 6.07) is 13.1. The number of benzene rings is 5. The second-order valence-electron chi connectivity index (χ2n) is 11.7. The smallest absolute Gasteiger partial charge is 0.226 e. The zero-order valence-corrected chi connectivity index (χ0v) is 26.7. The van der Waals surface area contributed by atoms with Gasteiger partial charge in [-0.15, -0.1) is 21.9 Å². The van der Waals surface area contributed by atoms with Crippen LogP contribution in [0.5, 0.6) is 0 Å². The van der Waals surface area contributed by atoms with Crippen molar-refractivity contribution in [3.05, 3.63) is 47.7 Å². The minimum atomic E-state index is -0.142. The van der Waals surface area contributed by atoms with E-state index in [4.69, 9.17) is 112 Å². The van der Waals surface area contributed by atoms with Gasteiger partial charge in [-0.1, -0.05) is 68.6 Å². The van der Waals surface area contributed by atoms with Crippen LogP contribution in [-0.2, 0) is 0 Å². The Labute approximate surface area is 306 Å². The molecule has 0 aliphatic heterocycles. The zero-order valence-electron chi connectivity index (χ0n) is 25.9. The predicted molar refractivity (Wildman–Crippen MR) is 215 cm³/mol. The van der Waals surface area contributed by atoms with Gasteiger partial charge in [0.1, 0.15) is 109 Å². The Morgan fingerprint density at radius 1 is 0.420 bits per heavy atom. The fourth-order valence-corrected chi connectivity index (χ4v) is 6.69. The summed E-state index contributed by atoms with van der Waals surface area (Å²) in [5, 5.41) is 1.96. The van der Waals surface area contributed by atoms with Crippen molar-refractivity contribution in [1.82, 2.24) is 15.0 Å². The summed E-state index contributed by atoms with van der Waals surface area (Å²) in [5.41, 5.74) is 2.42. The number of fused-ring (bicyclic) bond motifs is 6. The molecule has 3 aromatic heterocycles. The minimum absolute atomic E-state index is 0.00337. The van der Waals surface area contributed by atoms with Gasteiger partial charge in [-0.3, -0.25) is 0 Å². The van der Waals surface area contributed by atoms with Crippen LogP contribution in [-0.4, -0.2) is 101 Å². The lowest BCUT2D eigenvalue weighted by molar-refractivity contribution is 0.669. The van der Waals surface area contributed by atoms with Crippen LogP contribution in [0.2, 0.25) is 5.28 Å². The average Bonchev–Trinajstić information content (AvgIpc) is 3.69. The van der Waals surface area contributed by atoms with E-state index in [1.54, 1.807) is 0 Å². The first-order valence-corrected chi connectivity index (χ1v) is 15.2. The van der Waals surface area contributed by atoms with E-state index in [2.05, 4.69) is 9.97 Å². The van der Waals surface area contributed by atoms with Crippen molar-refractivity contribution in [2.24, 2.45) is 0 Å². The van der Waals surface area contributed by atoms with Gasteiger partial charge in [0.25, 0.3) is 0 Å². The molecule has 0 fully saturated rings. The van der Waals surface area contributed by atoms with Gasteiger partial charge >= 0.3 is 0 Å². The number of hydrogen-bond donors (Lipinski definition) is 0. The van der Waals surface area contributed by atoms with E-state index in [0.29, 0.717) is 16.7 Å². The first-order chi connectivity index (χ1) is 23.8. The van der Waals surface area contributed by atoms with Crippen molar-refractivity contribution < 1.29 is 8.83 Å². The largest absolute Gasteiger partial charge is 0.457 e. The first-order valence-electron chi connectivity index (χ1n) is 14.8. The standard InChI is InChI=1S/C33H7B11ClN3O2/c34-18-14(15-19(35)23(39)26(42)24(40)20(15)36)21(37)27(43)30-16(18)13-17(22(38)25(41)28(44)29(13)50-30)32-46-31(47-33(45)48-32)9-5-3-7-11-12(9)8-4-1-2-6-10(8)49-11/h1-7H. The second kappa shape index (κ2) is 11.6. The summed E-state index contributed by atoms with van der Waals surface area (Å²) in [6.45, 7) is 0. The fraction of sp³-hybridized carbons (Fsp3) is 0. The predicted octanol–water partition coefficient (Wildman–Crippen LogP) is -3.94. The number of hydrogen-bond acceptors (Lipinski definition) is 5. The van der Waals surface area contributed by atoms with E-state index >= 15 is 0 Å². The number of aromatic nitrogens is 3. The van der Waals surface area contributed by atoms with Crippen LogP contribution in [0.4, 0.5) is 0 Å². The second-order valence-corrected chi connectivity index (χ2v) is 12.1. The summed E-state index contributed by atoms with van der Waals surface area (Å²) in [4.78, 5) is 13.8. The van der Waals surface area contributed by atoms with Crippen LogP contribution in [0.1, 0.15) is 0 Å². The quantitative estimate of drug-likeness (QED) is 0.187. The summed E-state index contributed by atoms with van der Waals surface area (Å²) < 4.78 is 12.3. The Kier molecular flexibility index (Phi) is 7.65. The summed E-state index contributed by atoms with van der Waals surface area (Å²) in [7, 11) is 71.0. The van der Waals surface area contributed by atoms with E-state index < -0.39 is 0 Å². The van der Waals surface area contributed by atoms with Crippen LogP contribution in [0.25, 0.3) is 77.8 Å². The fourth-order valence-electron chi connectivity index (χ4n) is 6.53. The molecule has 0 atom stereocenters. The molecule has 0 saturated heterocycles. The maximum atomic E-state index is 6.92. The lowest BCUT2D eigenvalue weighted by Gasteiger charge is -2.25. The third kappa shape index (κ3) is 4.53. The third-order valence-electron chi connectivity index (χ3n) is 9.02. The summed E-state index contributed by atoms with van der Waals surface area (Å²) in [5.74, 6) is 0.247. The molecule has 5 aromatic carbocycles. The SMILES string of the molecule is [B]c1c([B])c([B])c(-c2c([B])c([B])c3oc4c([B])c([B])c([B])c(-c5nc(Cl)nc(-c6cccc7oc8ccccc8c67)n5)c4c3c2[B])c([B])c1[B]. The highest BCUT2D eigenvalue weighted by molar-refractivity contribution is 6.71. The van der Waals surface area contributed by atoms with Gasteiger partial charge < -0.3 is 8.83 Å². The normalized spacial score (nSPS) is 11.8. The molecule has 0 aliphatic rings. The van der Waals surface area contributed by atoms with E-state index in [0.717, 1.165) is 10.8 Å². The summed E-state index contributed by atoms with van der Waals surface area (Å²) >= 11 is 6.59. The topological polar surface area (TPSA) is 65.0 Å². The first kappa shape index (κ1) is 32.9. The maximum Gasteiger partial charge on any atom is 0.226 e. The number of halogens is 1. The number of nitrogens with zero attached hydrogens (tertiary/aromatic N) is 3. The van der Waals surface area contributed by atoms with Crippen LogP contribution >= 0.6 is 11.6 Å². The van der Waals surface area contributed by atoms with E-state index in [9.17, 15) is 0 Å². The molecule has 17 heteroatoms. The monoisotopic (exact) mass is 633 g/mol. The van der Waals surface area contributed by atoms with E-state index in [1.807, 2.05) is 42.5 Å². The molecule has 0 spiro atoms. The van der Waals surface area contributed by atoms with Gasteiger partial charge in [-0.2, -0.15) is 9.97 Å². The molecule has 0 amide bonds. The Morgan fingerprint density at radius 2 is 0.940 bits per heavy atom. The van der Waals surface area contributed by atoms with Gasteiger partial charge in [0.15, 0.2) is 11.6 Å². The van der Waals surface area contributed by atoms with Crippen molar-refractivity contribution in [2.45, 2.75) is 0 Å². The number of rotatable bonds is 3. The molecule has 8 rings (SSSR count). The molecule has 5 nitrogen and oxygen atoms in total. The van der Waals surface area contributed by atoms with Gasteiger partial charge in [0, 0.05) is 32.7 Å². The molecule has 22 radical (unpaired) electrons. The highest BCUT2D eigenvalue weighted by Gasteiger charge is 2.27. The Hall–Kier alpha value is -4.29. The van der Waals surface area contributed by atoms with Crippen LogP contribution < -0.4 is 60.1 Å². The summed E-state index contributed by atoms with van der Waals surface area (Å²) in [6.07, 6.45) is 0. The highest BCUT2D eigenvalue weighted by Crippen LogP contribution is 2.37. The van der Waals surface area contributed by atoms with Gasteiger partial charge in [0.2, 0.25) is 5.28 Å². The molecule has 3 heterocycles. The molecule has 206 valence electrons. The molecule has 0 N–H and O–H groups in total. The molecular formula is C33H7B11ClN3O2. The van der Waals surface area contributed by atoms with Crippen LogP contribution in [0, 0.1) is 0 Å². The van der Waals surface area contributed by atoms with E-state index in [1.165, 1.54) is 0 Å². The number of para-hydroxylation sites is 1. The van der Waals surface area contributed by atoms with Gasteiger partial charge in [-0.25, -0.2) is 4.98 Å². The van der Waals surface area contributed by atoms with Gasteiger partial charge in [0.05, 0.1) is 0 Å². The van der Waals surface area contributed by atoms with Crippen molar-refractivity contribution in [3.63, 3.8) is 0 Å². The Balaban J connectivity index is 1.49. The van der Waals surface area contributed by atoms with Crippen molar-refractivity contribution in [2.75, 3.05) is 0 Å². The Morgan fingerprint density at radius 3 is 1.66 bits per heavy atom. The maximum absolute atomic E-state index is 6.92. The van der Waals surface area contributed by atoms with Crippen molar-refractivity contribution >= 4 is 202 Å². The molecule has 0 bridgehead atoms. The van der Waals surface area contributed by atoms with Gasteiger partial charge in [-0.05, 0) is 34.9 Å². The van der Waals surface area contributed by atoms with Crippen LogP contribution in [0.3, 0.4) is 0 Å². The van der Waals surface area contributed by atoms with E-state index in [-0.39, 0.29) is 116 Å². The minimum Gasteiger partial charge on any atom is -0.457 e. The lowest BCUT2D eigenvalue weighted by atomic mass is 9.57. The molecule has 0 unspecified atom stereocenters. The van der Waals surface area contributed by atoms with Crippen molar-refractivity contribution in [1.29, 1.82) is 0 Å². The third-order valence-corrected chi connectivity index (χ3v) is 9.19. The van der Waals surface area contributed by atoms with Crippen LogP contribution in [0.15, 0.2) is 51.3 Å². The molecular weight excluding hydrogens is 625 g/mol. The Bertz CT molecular complexity index is 2790. The molecule has 0 saturated carbocycles. The molecule has 8 aromatic rings. The molecule has 50 heavy (non-hydrogen) atoms. The highest BCUT2D eigenvalue weighted by atomic mass is 35.5.